The van der Waals surface area contributed by atoms with E-state index in [9.17, 15) is 9.59 Å². The van der Waals surface area contributed by atoms with Crippen molar-refractivity contribution in [3.8, 4) is 0 Å². The van der Waals surface area contributed by atoms with Crippen molar-refractivity contribution in [3.63, 3.8) is 0 Å². The van der Waals surface area contributed by atoms with Gasteiger partial charge in [-0.1, -0.05) is 6.08 Å². The number of nitrogens with zero attached hydrogens (tertiary/aromatic N) is 1. The molecule has 0 bridgehead atoms. The lowest BCUT2D eigenvalue weighted by Gasteiger charge is -2.21. The van der Waals surface area contributed by atoms with E-state index in [4.69, 9.17) is 11.6 Å². The summed E-state index contributed by atoms with van der Waals surface area (Å²) in [6.07, 6.45) is 3.16. The Bertz CT molecular complexity index is 240. The van der Waals surface area contributed by atoms with E-state index < -0.39 is 0 Å². The van der Waals surface area contributed by atoms with Crippen molar-refractivity contribution in [1.82, 2.24) is 4.90 Å². The Balaban J connectivity index is 2.58. The third-order valence-electron chi connectivity index (χ3n) is 2.17. The number of halogens is 1. The molecule has 0 aromatic rings. The van der Waals surface area contributed by atoms with Gasteiger partial charge in [0.1, 0.15) is 0 Å². The zero-order valence-corrected chi connectivity index (χ0v) is 8.09. The summed E-state index contributed by atoms with van der Waals surface area (Å²) in [6.45, 7) is 4.07. The molecule has 3 nitrogen and oxygen atoms in total. The Morgan fingerprint density at radius 1 is 1.77 bits per heavy atom. The first kappa shape index (κ1) is 10.3. The van der Waals surface area contributed by atoms with E-state index in [0.717, 1.165) is 6.42 Å². The smallest absolute Gasteiger partial charge is 0.223 e. The van der Waals surface area contributed by atoms with Crippen LogP contribution in [0.1, 0.15) is 19.3 Å². The van der Waals surface area contributed by atoms with Crippen LogP contribution < -0.4 is 0 Å². The molecule has 1 aliphatic heterocycles. The van der Waals surface area contributed by atoms with Crippen LogP contribution in [0, 0.1) is 0 Å². The van der Waals surface area contributed by atoms with Crippen molar-refractivity contribution in [2.75, 3.05) is 6.54 Å². The Morgan fingerprint density at radius 3 is 3.00 bits per heavy atom. The van der Waals surface area contributed by atoms with Crippen LogP contribution in [0.5, 0.6) is 0 Å². The Morgan fingerprint density at radius 2 is 2.46 bits per heavy atom. The fraction of sp³-hybridized carbons (Fsp3) is 0.556. The van der Waals surface area contributed by atoms with Crippen LogP contribution in [0.2, 0.25) is 0 Å². The van der Waals surface area contributed by atoms with Gasteiger partial charge in [-0.15, -0.1) is 6.58 Å². The lowest BCUT2D eigenvalue weighted by atomic mass is 10.1. The maximum absolute atomic E-state index is 11.3. The minimum absolute atomic E-state index is 0.0181. The summed E-state index contributed by atoms with van der Waals surface area (Å²) >= 11 is 5.27. The van der Waals surface area contributed by atoms with Crippen molar-refractivity contribution in [3.05, 3.63) is 12.7 Å². The highest BCUT2D eigenvalue weighted by molar-refractivity contribution is 6.63. The standard InChI is InChI=1S/C9H12ClNO2/c1-2-5-11-7(6-8(10)12)3-4-9(11)13/h2,7H,1,3-6H2/t7-/m0/s1. The minimum atomic E-state index is -0.381. The van der Waals surface area contributed by atoms with E-state index in [2.05, 4.69) is 6.58 Å². The summed E-state index contributed by atoms with van der Waals surface area (Å²) in [4.78, 5) is 23.6. The predicted octanol–water partition coefficient (Wildman–Crippen LogP) is 1.32. The van der Waals surface area contributed by atoms with Crippen molar-refractivity contribution >= 4 is 22.8 Å². The predicted molar refractivity (Wildman–Crippen MR) is 50.4 cm³/mol. The molecular formula is C9H12ClNO2. The fourth-order valence-corrected chi connectivity index (χ4v) is 1.76. The van der Waals surface area contributed by atoms with Gasteiger partial charge in [0.05, 0.1) is 0 Å². The van der Waals surface area contributed by atoms with E-state index in [1.54, 1.807) is 11.0 Å². The van der Waals surface area contributed by atoms with Gasteiger partial charge in [-0.25, -0.2) is 0 Å². The molecule has 4 heteroatoms. The third-order valence-corrected chi connectivity index (χ3v) is 2.33. The molecule has 1 amide bonds. The molecule has 1 heterocycles. The quantitative estimate of drug-likeness (QED) is 0.508. The van der Waals surface area contributed by atoms with Crippen LogP contribution in [-0.4, -0.2) is 28.6 Å². The highest BCUT2D eigenvalue weighted by Gasteiger charge is 2.30. The van der Waals surface area contributed by atoms with E-state index in [-0.39, 0.29) is 23.6 Å². The highest BCUT2D eigenvalue weighted by atomic mass is 35.5. The van der Waals surface area contributed by atoms with Crippen LogP contribution in [0.15, 0.2) is 12.7 Å². The normalized spacial score (nSPS) is 22.1. The molecule has 0 N–H and O–H groups in total. The number of hydrogen-bond donors (Lipinski definition) is 0. The summed E-state index contributed by atoms with van der Waals surface area (Å²) in [6, 6.07) is -0.0181. The molecule has 0 aromatic heterocycles. The SMILES string of the molecule is C=CCN1C(=O)CC[C@H]1CC(=O)Cl. The number of likely N-dealkylation sites (tertiary alicyclic amines) is 1. The number of rotatable bonds is 4. The average molecular weight is 202 g/mol. The van der Waals surface area contributed by atoms with Gasteiger partial charge in [0.25, 0.3) is 0 Å². The van der Waals surface area contributed by atoms with E-state index >= 15 is 0 Å². The number of carbonyl (C=O) groups is 2. The summed E-state index contributed by atoms with van der Waals surface area (Å²) in [5.74, 6) is 0.0859. The molecule has 72 valence electrons. The summed E-state index contributed by atoms with van der Waals surface area (Å²) in [7, 11) is 0. The van der Waals surface area contributed by atoms with Crippen molar-refractivity contribution < 1.29 is 9.59 Å². The second-order valence-corrected chi connectivity index (χ2v) is 3.51. The fourth-order valence-electron chi connectivity index (χ4n) is 1.58. The maximum Gasteiger partial charge on any atom is 0.223 e. The van der Waals surface area contributed by atoms with Gasteiger partial charge in [-0.3, -0.25) is 9.59 Å². The topological polar surface area (TPSA) is 37.4 Å². The molecule has 1 rings (SSSR count). The first-order chi connectivity index (χ1) is 6.15. The monoisotopic (exact) mass is 201 g/mol. The first-order valence-electron chi connectivity index (χ1n) is 4.24. The zero-order chi connectivity index (χ0) is 9.84. The largest absolute Gasteiger partial charge is 0.335 e. The molecular weight excluding hydrogens is 190 g/mol. The van der Waals surface area contributed by atoms with E-state index in [1.807, 2.05) is 0 Å². The molecule has 1 aliphatic rings. The van der Waals surface area contributed by atoms with Gasteiger partial charge in [0.2, 0.25) is 11.1 Å². The second-order valence-electron chi connectivity index (χ2n) is 3.09. The lowest BCUT2D eigenvalue weighted by Crippen LogP contribution is -2.33. The minimum Gasteiger partial charge on any atom is -0.335 e. The number of hydrogen-bond acceptors (Lipinski definition) is 2. The van der Waals surface area contributed by atoms with Gasteiger partial charge in [-0.2, -0.15) is 0 Å². The van der Waals surface area contributed by atoms with Crippen LogP contribution >= 0.6 is 11.6 Å². The van der Waals surface area contributed by atoms with Gasteiger partial charge in [0, 0.05) is 25.4 Å². The molecule has 0 saturated carbocycles. The van der Waals surface area contributed by atoms with Gasteiger partial charge in [0.15, 0.2) is 0 Å². The Hall–Kier alpha value is -0.830. The van der Waals surface area contributed by atoms with Crippen LogP contribution in [0.25, 0.3) is 0 Å². The summed E-state index contributed by atoms with van der Waals surface area (Å²) < 4.78 is 0. The van der Waals surface area contributed by atoms with Crippen molar-refractivity contribution in [1.29, 1.82) is 0 Å². The van der Waals surface area contributed by atoms with Crippen LogP contribution in [0.4, 0.5) is 0 Å². The summed E-state index contributed by atoms with van der Waals surface area (Å²) in [5, 5.41) is -0.381. The molecule has 1 fully saturated rings. The molecule has 1 atom stereocenters. The lowest BCUT2D eigenvalue weighted by molar-refractivity contribution is -0.128. The Kier molecular flexibility index (Phi) is 3.48. The van der Waals surface area contributed by atoms with Crippen molar-refractivity contribution in [2.45, 2.75) is 25.3 Å². The van der Waals surface area contributed by atoms with Crippen molar-refractivity contribution in [2.24, 2.45) is 0 Å². The maximum atomic E-state index is 11.3. The molecule has 0 unspecified atom stereocenters. The van der Waals surface area contributed by atoms with Crippen LogP contribution in [-0.2, 0) is 9.59 Å². The molecule has 0 radical (unpaired) electrons. The molecule has 0 aromatic carbocycles. The highest BCUT2D eigenvalue weighted by Crippen LogP contribution is 2.21. The third kappa shape index (κ3) is 2.56. The first-order valence-corrected chi connectivity index (χ1v) is 4.61. The van der Waals surface area contributed by atoms with Gasteiger partial charge >= 0.3 is 0 Å². The molecule has 0 aliphatic carbocycles. The summed E-state index contributed by atoms with van der Waals surface area (Å²) in [5.41, 5.74) is 0. The molecule has 1 saturated heterocycles. The van der Waals surface area contributed by atoms with E-state index in [1.165, 1.54) is 0 Å². The molecule has 0 spiro atoms. The van der Waals surface area contributed by atoms with Crippen LogP contribution in [0.3, 0.4) is 0 Å². The average Bonchev–Trinajstić information content (AvgIpc) is 2.35. The zero-order valence-electron chi connectivity index (χ0n) is 7.33. The second kappa shape index (κ2) is 4.42. The van der Waals surface area contributed by atoms with Gasteiger partial charge in [-0.05, 0) is 18.0 Å². The van der Waals surface area contributed by atoms with E-state index in [0.29, 0.717) is 13.0 Å². The number of carbonyl (C=O) groups excluding carboxylic acids is 2. The molecule has 13 heavy (non-hydrogen) atoms. The van der Waals surface area contributed by atoms with Gasteiger partial charge < -0.3 is 4.90 Å². The number of amides is 1. The Labute approximate surface area is 82.3 Å².